The number of amides is 1. The number of ether oxygens (including phenoxy) is 2. The third kappa shape index (κ3) is 5.01. The minimum Gasteiger partial charge on any atom is -0.462 e. The Morgan fingerprint density at radius 1 is 1.13 bits per heavy atom. The van der Waals surface area contributed by atoms with Gasteiger partial charge in [0.2, 0.25) is 0 Å². The van der Waals surface area contributed by atoms with Crippen LogP contribution in [0.2, 0.25) is 0 Å². The third-order valence-corrected chi connectivity index (χ3v) is 5.49. The Morgan fingerprint density at radius 2 is 1.87 bits per heavy atom. The minimum absolute atomic E-state index is 0.0116. The highest BCUT2D eigenvalue weighted by molar-refractivity contribution is 5.76. The lowest BCUT2D eigenvalue weighted by Crippen LogP contribution is -2.42. The van der Waals surface area contributed by atoms with Gasteiger partial charge < -0.3 is 14.4 Å². The fourth-order valence-electron chi connectivity index (χ4n) is 3.93. The molecule has 1 atom stereocenters. The van der Waals surface area contributed by atoms with Crippen molar-refractivity contribution in [2.45, 2.75) is 58.7 Å². The number of rotatable bonds is 5. The Bertz CT molecular complexity index is 1050. The number of carbonyl (C=O) groups excluding carboxylic acids is 1. The average molecular weight is 422 g/mol. The lowest BCUT2D eigenvalue weighted by Gasteiger charge is -2.28. The molecule has 1 saturated heterocycles. The highest BCUT2D eigenvalue weighted by Crippen LogP contribution is 2.25. The van der Waals surface area contributed by atoms with Crippen LogP contribution in [0.5, 0.6) is 6.01 Å². The first-order valence-electron chi connectivity index (χ1n) is 10.9. The number of hydrogen-bond donors (Lipinski definition) is 0. The quantitative estimate of drug-likeness (QED) is 0.570. The maximum Gasteiger partial charge on any atom is 0.410 e. The number of para-hydroxylation sites is 2. The van der Waals surface area contributed by atoms with Gasteiger partial charge >= 0.3 is 6.09 Å². The van der Waals surface area contributed by atoms with Crippen molar-refractivity contribution < 1.29 is 14.3 Å². The van der Waals surface area contributed by atoms with Crippen LogP contribution in [0.25, 0.3) is 11.0 Å². The van der Waals surface area contributed by atoms with E-state index >= 15 is 0 Å². The van der Waals surface area contributed by atoms with Crippen molar-refractivity contribution in [3.05, 3.63) is 59.7 Å². The molecule has 0 saturated carbocycles. The van der Waals surface area contributed by atoms with Gasteiger partial charge in [0.05, 0.1) is 23.6 Å². The summed E-state index contributed by atoms with van der Waals surface area (Å²) in [5, 5.41) is 0. The van der Waals surface area contributed by atoms with Crippen molar-refractivity contribution >= 4 is 17.1 Å². The van der Waals surface area contributed by atoms with Crippen LogP contribution in [0.3, 0.4) is 0 Å². The summed E-state index contributed by atoms with van der Waals surface area (Å²) in [4.78, 5) is 19.1. The molecule has 0 radical (unpaired) electrons. The van der Waals surface area contributed by atoms with Gasteiger partial charge in [-0.15, -0.1) is 0 Å². The molecular formula is C25H31N3O3. The molecule has 4 rings (SSSR count). The van der Waals surface area contributed by atoms with Crippen LogP contribution in [-0.2, 0) is 11.3 Å². The Morgan fingerprint density at radius 3 is 2.61 bits per heavy atom. The van der Waals surface area contributed by atoms with Crippen LogP contribution >= 0.6 is 0 Å². The average Bonchev–Trinajstić information content (AvgIpc) is 3.32. The first-order chi connectivity index (χ1) is 14.8. The fourth-order valence-corrected chi connectivity index (χ4v) is 3.93. The van der Waals surface area contributed by atoms with E-state index in [9.17, 15) is 4.79 Å². The lowest BCUT2D eigenvalue weighted by atomic mass is 10.1. The topological polar surface area (TPSA) is 56.6 Å². The molecule has 1 aliphatic heterocycles. The molecule has 0 bridgehead atoms. The van der Waals surface area contributed by atoms with Crippen LogP contribution in [0, 0.1) is 6.92 Å². The van der Waals surface area contributed by atoms with E-state index in [0.29, 0.717) is 25.7 Å². The van der Waals surface area contributed by atoms with Crippen molar-refractivity contribution in [2.24, 2.45) is 0 Å². The first-order valence-corrected chi connectivity index (χ1v) is 10.9. The summed E-state index contributed by atoms with van der Waals surface area (Å²) in [7, 11) is 0. The highest BCUT2D eigenvalue weighted by Gasteiger charge is 2.33. The third-order valence-electron chi connectivity index (χ3n) is 5.49. The zero-order valence-electron chi connectivity index (χ0n) is 18.8. The van der Waals surface area contributed by atoms with E-state index < -0.39 is 5.60 Å². The van der Waals surface area contributed by atoms with Crippen LogP contribution in [0.4, 0.5) is 4.79 Å². The molecule has 1 aliphatic rings. The van der Waals surface area contributed by atoms with E-state index in [1.807, 2.05) is 39.0 Å². The monoisotopic (exact) mass is 421 g/mol. The molecule has 2 heterocycles. The molecule has 164 valence electrons. The second-order valence-corrected chi connectivity index (χ2v) is 9.24. The van der Waals surface area contributed by atoms with Gasteiger partial charge in [-0.3, -0.25) is 4.57 Å². The molecule has 1 aromatic heterocycles. The van der Waals surface area contributed by atoms with E-state index in [0.717, 1.165) is 23.9 Å². The Balaban J connectivity index is 1.53. The molecule has 31 heavy (non-hydrogen) atoms. The molecule has 0 unspecified atom stereocenters. The predicted octanol–water partition coefficient (Wildman–Crippen LogP) is 5.17. The summed E-state index contributed by atoms with van der Waals surface area (Å²) < 4.78 is 13.9. The van der Waals surface area contributed by atoms with Gasteiger partial charge in [-0.2, -0.15) is 4.98 Å². The standard InChI is InChI=1S/C25H31N3O3/c1-18-11-13-19(14-12-18)16-28-22-10-6-5-9-21(22)26-23(28)30-17-20-8-7-15-27(20)24(29)31-25(2,3)4/h5-6,9-14,20H,7-8,15-17H2,1-4H3/t20-/m1/s1. The first kappa shape index (κ1) is 21.2. The van der Waals surface area contributed by atoms with Gasteiger partial charge in [0, 0.05) is 6.54 Å². The minimum atomic E-state index is -0.507. The van der Waals surface area contributed by atoms with Gasteiger partial charge in [0.25, 0.3) is 6.01 Å². The van der Waals surface area contributed by atoms with Gasteiger partial charge in [0.1, 0.15) is 12.2 Å². The molecule has 6 heteroatoms. The summed E-state index contributed by atoms with van der Waals surface area (Å²) >= 11 is 0. The fraction of sp³-hybridized carbons (Fsp3) is 0.440. The maximum atomic E-state index is 12.6. The highest BCUT2D eigenvalue weighted by atomic mass is 16.6. The zero-order chi connectivity index (χ0) is 22.0. The van der Waals surface area contributed by atoms with E-state index in [-0.39, 0.29) is 12.1 Å². The summed E-state index contributed by atoms with van der Waals surface area (Å²) in [5.41, 5.74) is 3.86. The molecule has 0 spiro atoms. The SMILES string of the molecule is Cc1ccc(Cn2c(OC[C@H]3CCCN3C(=O)OC(C)(C)C)nc3ccccc32)cc1. The summed E-state index contributed by atoms with van der Waals surface area (Å²) in [6.45, 7) is 9.53. The normalized spacial score (nSPS) is 16.6. The largest absolute Gasteiger partial charge is 0.462 e. The molecule has 0 aliphatic carbocycles. The molecule has 6 nitrogen and oxygen atoms in total. The van der Waals surface area contributed by atoms with E-state index in [1.165, 1.54) is 11.1 Å². The number of fused-ring (bicyclic) bond motifs is 1. The van der Waals surface area contributed by atoms with Crippen molar-refractivity contribution in [2.75, 3.05) is 13.2 Å². The van der Waals surface area contributed by atoms with Crippen molar-refractivity contribution in [1.29, 1.82) is 0 Å². The van der Waals surface area contributed by atoms with Gasteiger partial charge in [-0.25, -0.2) is 4.79 Å². The molecule has 0 N–H and O–H groups in total. The molecular weight excluding hydrogens is 390 g/mol. The predicted molar refractivity (Wildman–Crippen MR) is 121 cm³/mol. The summed E-state index contributed by atoms with van der Waals surface area (Å²) in [6, 6.07) is 17.1. The second kappa shape index (κ2) is 8.61. The van der Waals surface area contributed by atoms with Crippen LogP contribution < -0.4 is 4.74 Å². The number of nitrogens with zero attached hydrogens (tertiary/aromatic N) is 3. The summed E-state index contributed by atoms with van der Waals surface area (Å²) in [6.07, 6.45) is 1.58. The number of benzene rings is 2. The van der Waals surface area contributed by atoms with Crippen molar-refractivity contribution in [3.63, 3.8) is 0 Å². The smallest absolute Gasteiger partial charge is 0.410 e. The molecule has 1 fully saturated rings. The van der Waals surface area contributed by atoms with E-state index in [2.05, 4.69) is 41.8 Å². The number of carbonyl (C=O) groups is 1. The zero-order valence-corrected chi connectivity index (χ0v) is 18.8. The van der Waals surface area contributed by atoms with Crippen molar-refractivity contribution in [1.82, 2.24) is 14.5 Å². The van der Waals surface area contributed by atoms with Gasteiger partial charge in [-0.1, -0.05) is 42.0 Å². The Kier molecular flexibility index (Phi) is 5.90. The second-order valence-electron chi connectivity index (χ2n) is 9.24. The van der Waals surface area contributed by atoms with Gasteiger partial charge in [0.15, 0.2) is 0 Å². The van der Waals surface area contributed by atoms with Crippen LogP contribution in [-0.4, -0.2) is 45.3 Å². The number of aromatic nitrogens is 2. The number of likely N-dealkylation sites (tertiary alicyclic amines) is 1. The number of imidazole rings is 1. The van der Waals surface area contributed by atoms with E-state index in [4.69, 9.17) is 14.5 Å². The molecule has 1 amide bonds. The number of aryl methyl sites for hydroxylation is 1. The van der Waals surface area contributed by atoms with Crippen molar-refractivity contribution in [3.8, 4) is 6.01 Å². The van der Waals surface area contributed by atoms with Crippen LogP contribution in [0.15, 0.2) is 48.5 Å². The van der Waals surface area contributed by atoms with E-state index in [1.54, 1.807) is 4.90 Å². The maximum absolute atomic E-state index is 12.6. The lowest BCUT2D eigenvalue weighted by molar-refractivity contribution is 0.0183. The van der Waals surface area contributed by atoms with Crippen LogP contribution in [0.1, 0.15) is 44.7 Å². The Hall–Kier alpha value is -3.02. The molecule has 2 aromatic carbocycles. The van der Waals surface area contributed by atoms with Gasteiger partial charge in [-0.05, 0) is 58.2 Å². The summed E-state index contributed by atoms with van der Waals surface area (Å²) in [5.74, 6) is 0. The number of hydrogen-bond acceptors (Lipinski definition) is 4. The Labute approximate surface area is 183 Å². The molecule has 3 aromatic rings.